The molecule has 3 aromatic rings. The Balaban J connectivity index is 1.66. The van der Waals surface area contributed by atoms with Crippen molar-refractivity contribution in [1.82, 2.24) is 14.9 Å². The number of carbonyl (C=O) groups is 2. The summed E-state index contributed by atoms with van der Waals surface area (Å²) in [5.41, 5.74) is 2.75. The largest absolute Gasteiger partial charge is 0.353 e. The van der Waals surface area contributed by atoms with Crippen LogP contribution in [-0.4, -0.2) is 35.0 Å². The van der Waals surface area contributed by atoms with Gasteiger partial charge in [0.1, 0.15) is 12.4 Å². The smallest absolute Gasteiger partial charge is 0.246 e. The third-order valence-electron chi connectivity index (χ3n) is 5.11. The summed E-state index contributed by atoms with van der Waals surface area (Å²) in [6, 6.07) is 17.6. The molecular formula is C24H28N4O2. The number of fused-ring (bicyclic) bond motifs is 1. The average molecular weight is 405 g/mol. The molecular weight excluding hydrogens is 376 g/mol. The van der Waals surface area contributed by atoms with E-state index in [1.165, 1.54) is 6.08 Å². The molecule has 0 unspecified atom stereocenters. The van der Waals surface area contributed by atoms with Crippen molar-refractivity contribution in [3.05, 3.63) is 73.1 Å². The highest BCUT2D eigenvalue weighted by molar-refractivity contribution is 5.93. The van der Waals surface area contributed by atoms with Gasteiger partial charge in [0.2, 0.25) is 11.8 Å². The molecule has 2 aromatic carbocycles. The van der Waals surface area contributed by atoms with Gasteiger partial charge < -0.3 is 14.8 Å². The number of imidazole rings is 1. The molecule has 0 aliphatic heterocycles. The van der Waals surface area contributed by atoms with Gasteiger partial charge in [-0.3, -0.25) is 9.59 Å². The van der Waals surface area contributed by atoms with Gasteiger partial charge in [-0.15, -0.1) is 0 Å². The molecule has 30 heavy (non-hydrogen) atoms. The van der Waals surface area contributed by atoms with Crippen molar-refractivity contribution in [2.24, 2.45) is 0 Å². The molecule has 0 aliphatic carbocycles. The number of aryl methyl sites for hydroxylation is 1. The first kappa shape index (κ1) is 21.3. The average Bonchev–Trinajstić information content (AvgIpc) is 3.13. The number of carbonyl (C=O) groups excluding carboxylic acids is 2. The van der Waals surface area contributed by atoms with E-state index in [2.05, 4.69) is 11.9 Å². The summed E-state index contributed by atoms with van der Waals surface area (Å²) >= 11 is 0. The third kappa shape index (κ3) is 5.35. The van der Waals surface area contributed by atoms with Crippen LogP contribution in [0.2, 0.25) is 0 Å². The van der Waals surface area contributed by atoms with E-state index in [9.17, 15) is 9.59 Å². The van der Waals surface area contributed by atoms with Gasteiger partial charge in [0.05, 0.1) is 11.0 Å². The van der Waals surface area contributed by atoms with Gasteiger partial charge in [0, 0.05) is 25.7 Å². The number of amides is 2. The van der Waals surface area contributed by atoms with Crippen LogP contribution in [-0.2, 0) is 22.6 Å². The molecule has 1 aromatic heterocycles. The number of hydrogen-bond donors (Lipinski definition) is 1. The molecule has 6 heteroatoms. The van der Waals surface area contributed by atoms with Crippen LogP contribution in [0.5, 0.6) is 0 Å². The van der Waals surface area contributed by atoms with Crippen LogP contribution in [0.15, 0.2) is 67.3 Å². The molecule has 0 bridgehead atoms. The minimum Gasteiger partial charge on any atom is -0.353 e. The highest BCUT2D eigenvalue weighted by Crippen LogP contribution is 2.19. The molecule has 0 fully saturated rings. The van der Waals surface area contributed by atoms with E-state index in [1.807, 2.05) is 59.2 Å². The second kappa shape index (κ2) is 10.4. The number of aromatic nitrogens is 2. The number of nitrogens with zero attached hydrogens (tertiary/aromatic N) is 3. The fourth-order valence-corrected chi connectivity index (χ4v) is 3.40. The van der Waals surface area contributed by atoms with Crippen LogP contribution in [0.4, 0.5) is 5.69 Å². The molecule has 1 N–H and O–H groups in total. The van der Waals surface area contributed by atoms with Crippen LogP contribution in [0.3, 0.4) is 0 Å². The maximum atomic E-state index is 12.9. The van der Waals surface area contributed by atoms with E-state index in [-0.39, 0.29) is 18.4 Å². The maximum Gasteiger partial charge on any atom is 0.246 e. The van der Waals surface area contributed by atoms with Crippen LogP contribution >= 0.6 is 0 Å². The Kier molecular flexibility index (Phi) is 7.38. The van der Waals surface area contributed by atoms with Crippen molar-refractivity contribution in [3.8, 4) is 0 Å². The first-order valence-electron chi connectivity index (χ1n) is 10.3. The van der Waals surface area contributed by atoms with E-state index < -0.39 is 0 Å². The molecule has 156 valence electrons. The summed E-state index contributed by atoms with van der Waals surface area (Å²) in [5, 5.41) is 2.79. The van der Waals surface area contributed by atoms with Crippen LogP contribution < -0.4 is 10.2 Å². The molecule has 0 saturated heterocycles. The van der Waals surface area contributed by atoms with Crippen molar-refractivity contribution >= 4 is 28.5 Å². The molecule has 3 rings (SSSR count). The normalized spacial score (nSPS) is 10.7. The molecule has 2 amide bonds. The third-order valence-corrected chi connectivity index (χ3v) is 5.11. The van der Waals surface area contributed by atoms with Crippen LogP contribution in [0.1, 0.15) is 25.1 Å². The van der Waals surface area contributed by atoms with E-state index >= 15 is 0 Å². The zero-order chi connectivity index (χ0) is 21.3. The van der Waals surface area contributed by atoms with Gasteiger partial charge in [-0.25, -0.2) is 4.98 Å². The Morgan fingerprint density at radius 1 is 1.07 bits per heavy atom. The van der Waals surface area contributed by atoms with E-state index in [0.717, 1.165) is 48.2 Å². The van der Waals surface area contributed by atoms with Gasteiger partial charge in [-0.2, -0.15) is 0 Å². The molecule has 0 aliphatic rings. The minimum atomic E-state index is -0.141. The Bertz CT molecular complexity index is 1010. The van der Waals surface area contributed by atoms with Crippen molar-refractivity contribution < 1.29 is 9.59 Å². The zero-order valence-electron chi connectivity index (χ0n) is 17.4. The highest BCUT2D eigenvalue weighted by atomic mass is 16.2. The lowest BCUT2D eigenvalue weighted by Gasteiger charge is -2.18. The Labute approximate surface area is 177 Å². The number of rotatable bonds is 10. The summed E-state index contributed by atoms with van der Waals surface area (Å²) in [4.78, 5) is 30.6. The van der Waals surface area contributed by atoms with E-state index in [0.29, 0.717) is 6.54 Å². The number of para-hydroxylation sites is 3. The fraction of sp³-hybridized carbons (Fsp3) is 0.292. The van der Waals surface area contributed by atoms with Crippen molar-refractivity contribution in [2.45, 2.75) is 32.2 Å². The number of anilines is 1. The lowest BCUT2D eigenvalue weighted by Crippen LogP contribution is -2.30. The molecule has 0 spiro atoms. The predicted molar refractivity (Wildman–Crippen MR) is 120 cm³/mol. The summed E-state index contributed by atoms with van der Waals surface area (Å²) < 4.78 is 2.02. The van der Waals surface area contributed by atoms with Crippen molar-refractivity contribution in [3.63, 3.8) is 0 Å². The number of hydrogen-bond acceptors (Lipinski definition) is 3. The van der Waals surface area contributed by atoms with Crippen molar-refractivity contribution in [2.75, 3.05) is 18.5 Å². The van der Waals surface area contributed by atoms with Gasteiger partial charge in [0.15, 0.2) is 0 Å². The topological polar surface area (TPSA) is 67.2 Å². The summed E-state index contributed by atoms with van der Waals surface area (Å²) in [5.74, 6) is 0.789. The minimum absolute atomic E-state index is 0.0118. The number of nitrogens with one attached hydrogen (secondary N) is 1. The molecule has 0 atom stereocenters. The van der Waals surface area contributed by atoms with Gasteiger partial charge in [-0.05, 0) is 43.2 Å². The predicted octanol–water partition coefficient (Wildman–Crippen LogP) is 3.71. The first-order chi connectivity index (χ1) is 14.6. The number of benzene rings is 2. The number of unbranched alkanes of at least 4 members (excludes halogenated alkanes) is 2. The molecule has 0 radical (unpaired) electrons. The molecule has 1 heterocycles. The summed E-state index contributed by atoms with van der Waals surface area (Å²) in [7, 11) is 1.80. The Morgan fingerprint density at radius 2 is 1.80 bits per heavy atom. The fourth-order valence-electron chi connectivity index (χ4n) is 3.40. The quantitative estimate of drug-likeness (QED) is 0.414. The summed E-state index contributed by atoms with van der Waals surface area (Å²) in [6.07, 6.45) is 4.88. The van der Waals surface area contributed by atoms with Gasteiger partial charge >= 0.3 is 0 Å². The van der Waals surface area contributed by atoms with Crippen molar-refractivity contribution in [1.29, 1.82) is 0 Å². The van der Waals surface area contributed by atoms with Gasteiger partial charge in [0.25, 0.3) is 0 Å². The Morgan fingerprint density at radius 3 is 2.57 bits per heavy atom. The SMILES string of the molecule is C=CC(=O)NCCCCCc1nc2ccccc2n1CC(=O)N(C)c1ccccc1. The van der Waals surface area contributed by atoms with Crippen LogP contribution in [0.25, 0.3) is 11.0 Å². The zero-order valence-corrected chi connectivity index (χ0v) is 17.4. The Hall–Kier alpha value is -3.41. The molecule has 6 nitrogen and oxygen atoms in total. The second-order valence-corrected chi connectivity index (χ2v) is 7.20. The lowest BCUT2D eigenvalue weighted by molar-refractivity contribution is -0.119. The van der Waals surface area contributed by atoms with E-state index in [1.54, 1.807) is 11.9 Å². The monoisotopic (exact) mass is 404 g/mol. The lowest BCUT2D eigenvalue weighted by atomic mass is 10.2. The molecule has 0 saturated carbocycles. The standard InChI is InChI=1S/C24H28N4O2/c1-3-23(29)25-17-11-5-8-16-22-26-20-14-9-10-15-21(20)28(22)18-24(30)27(2)19-12-6-4-7-13-19/h3-4,6-7,9-10,12-15H,1,5,8,11,16-18H2,2H3,(H,25,29). The highest BCUT2D eigenvalue weighted by Gasteiger charge is 2.16. The van der Waals surface area contributed by atoms with Gasteiger partial charge in [-0.1, -0.05) is 43.3 Å². The number of likely N-dealkylation sites (N-methyl/N-ethyl adjacent to an activating group) is 1. The maximum absolute atomic E-state index is 12.9. The first-order valence-corrected chi connectivity index (χ1v) is 10.3. The second-order valence-electron chi connectivity index (χ2n) is 7.20. The summed E-state index contributed by atoms with van der Waals surface area (Å²) in [6.45, 7) is 4.33. The van der Waals surface area contributed by atoms with E-state index in [4.69, 9.17) is 4.98 Å². The van der Waals surface area contributed by atoms with Crippen LogP contribution in [0, 0.1) is 0 Å².